The third-order valence-electron chi connectivity index (χ3n) is 6.40. The lowest BCUT2D eigenvalue weighted by Crippen LogP contribution is -2.24. The van der Waals surface area contributed by atoms with Crippen LogP contribution in [0.2, 0.25) is 0 Å². The van der Waals surface area contributed by atoms with Crippen LogP contribution in [-0.4, -0.2) is 22.1 Å². The standard InChI is InChI=1S/C23H40O2S/c1-2-3-4-5-6-9-12-17-26-23-20-16-15-19(18-20)21(23)13-10-7-8-11-14-22(24)25/h7,10,19-21,23H,2-6,8-9,11-18H2,1H3,(H,24,25)/b10-7-/t19-,20+,21-,23+/m0/s1. The van der Waals surface area contributed by atoms with Crippen molar-refractivity contribution in [1.82, 2.24) is 0 Å². The molecule has 3 heteroatoms. The van der Waals surface area contributed by atoms with Gasteiger partial charge in [-0.05, 0) is 68.5 Å². The summed E-state index contributed by atoms with van der Waals surface area (Å²) in [4.78, 5) is 10.6. The van der Waals surface area contributed by atoms with Crippen molar-refractivity contribution in [3.8, 4) is 0 Å². The van der Waals surface area contributed by atoms with Crippen molar-refractivity contribution in [1.29, 1.82) is 0 Å². The van der Waals surface area contributed by atoms with E-state index in [0.29, 0.717) is 6.42 Å². The molecule has 26 heavy (non-hydrogen) atoms. The summed E-state index contributed by atoms with van der Waals surface area (Å²) < 4.78 is 0. The molecule has 0 unspecified atom stereocenters. The third kappa shape index (κ3) is 7.66. The lowest BCUT2D eigenvalue weighted by molar-refractivity contribution is -0.137. The second kappa shape index (κ2) is 12.9. The van der Waals surface area contributed by atoms with Gasteiger partial charge in [-0.15, -0.1) is 0 Å². The fraction of sp³-hybridized carbons (Fsp3) is 0.870. The number of rotatable bonds is 15. The van der Waals surface area contributed by atoms with Crippen LogP contribution < -0.4 is 0 Å². The zero-order valence-corrected chi connectivity index (χ0v) is 17.7. The molecule has 1 N–H and O–H groups in total. The van der Waals surface area contributed by atoms with E-state index in [-0.39, 0.29) is 0 Å². The Hall–Kier alpha value is -0.440. The van der Waals surface area contributed by atoms with Crippen molar-refractivity contribution in [2.75, 3.05) is 5.75 Å². The fourth-order valence-electron chi connectivity index (χ4n) is 4.96. The van der Waals surface area contributed by atoms with Crippen molar-refractivity contribution in [2.45, 2.75) is 102 Å². The molecule has 0 aromatic rings. The van der Waals surface area contributed by atoms with Crippen LogP contribution in [-0.2, 0) is 4.79 Å². The number of carboxylic acids is 1. The fourth-order valence-corrected chi connectivity index (χ4v) is 6.71. The van der Waals surface area contributed by atoms with Crippen molar-refractivity contribution in [2.24, 2.45) is 17.8 Å². The molecule has 2 aliphatic rings. The first kappa shape index (κ1) is 21.9. The molecule has 0 aliphatic heterocycles. The third-order valence-corrected chi connectivity index (χ3v) is 8.04. The van der Waals surface area contributed by atoms with E-state index < -0.39 is 5.97 Å². The van der Waals surface area contributed by atoms with E-state index in [1.165, 1.54) is 76.4 Å². The molecule has 2 nitrogen and oxygen atoms in total. The van der Waals surface area contributed by atoms with Gasteiger partial charge in [-0.2, -0.15) is 11.8 Å². The number of hydrogen-bond acceptors (Lipinski definition) is 2. The van der Waals surface area contributed by atoms with Crippen LogP contribution in [0.1, 0.15) is 96.8 Å². The van der Waals surface area contributed by atoms with Crippen LogP contribution in [0, 0.1) is 17.8 Å². The Morgan fingerprint density at radius 2 is 1.73 bits per heavy atom. The first-order chi connectivity index (χ1) is 12.7. The Kier molecular flexibility index (Phi) is 10.8. The van der Waals surface area contributed by atoms with Gasteiger partial charge in [0, 0.05) is 11.7 Å². The summed E-state index contributed by atoms with van der Waals surface area (Å²) in [6, 6.07) is 0. The van der Waals surface area contributed by atoms with Gasteiger partial charge in [0.1, 0.15) is 0 Å². The van der Waals surface area contributed by atoms with Gasteiger partial charge in [0.2, 0.25) is 0 Å². The van der Waals surface area contributed by atoms with E-state index in [4.69, 9.17) is 5.11 Å². The van der Waals surface area contributed by atoms with Gasteiger partial charge in [0.25, 0.3) is 0 Å². The number of carbonyl (C=O) groups is 1. The molecule has 4 atom stereocenters. The monoisotopic (exact) mass is 380 g/mol. The van der Waals surface area contributed by atoms with E-state index in [0.717, 1.165) is 35.8 Å². The van der Waals surface area contributed by atoms with Crippen molar-refractivity contribution < 1.29 is 9.90 Å². The molecular formula is C23H40O2S. The van der Waals surface area contributed by atoms with Crippen molar-refractivity contribution in [3.05, 3.63) is 12.2 Å². The van der Waals surface area contributed by atoms with Crippen molar-refractivity contribution >= 4 is 17.7 Å². The highest BCUT2D eigenvalue weighted by molar-refractivity contribution is 7.99. The molecule has 0 amide bonds. The summed E-state index contributed by atoms with van der Waals surface area (Å²) in [5.74, 6) is 3.53. The highest BCUT2D eigenvalue weighted by Gasteiger charge is 2.46. The van der Waals surface area contributed by atoms with Gasteiger partial charge in [0.15, 0.2) is 0 Å². The van der Waals surface area contributed by atoms with Crippen molar-refractivity contribution in [3.63, 3.8) is 0 Å². The van der Waals surface area contributed by atoms with E-state index in [1.54, 1.807) is 0 Å². The minimum absolute atomic E-state index is 0.301. The summed E-state index contributed by atoms with van der Waals surface area (Å²) in [5, 5.41) is 9.60. The number of allylic oxidation sites excluding steroid dienone is 2. The summed E-state index contributed by atoms with van der Waals surface area (Å²) in [6.45, 7) is 2.29. The quantitative estimate of drug-likeness (QED) is 0.243. The summed E-state index contributed by atoms with van der Waals surface area (Å²) in [6.07, 6.45) is 22.1. The molecule has 0 spiro atoms. The number of aliphatic carboxylic acids is 1. The SMILES string of the molecule is CCCCCCCCCS[C@@H]1[C@@H]2CC[C@@H](C2)[C@@H]1C/C=C\CCCC(=O)O. The summed E-state index contributed by atoms with van der Waals surface area (Å²) in [7, 11) is 0. The smallest absolute Gasteiger partial charge is 0.303 e. The molecule has 2 bridgehead atoms. The Morgan fingerprint density at radius 3 is 2.50 bits per heavy atom. The zero-order chi connectivity index (χ0) is 18.6. The lowest BCUT2D eigenvalue weighted by atomic mass is 9.86. The predicted octanol–water partition coefficient (Wildman–Crippen LogP) is 7.09. The Morgan fingerprint density at radius 1 is 1.00 bits per heavy atom. The molecule has 0 radical (unpaired) electrons. The molecule has 0 aromatic carbocycles. The second-order valence-electron chi connectivity index (χ2n) is 8.45. The van der Waals surface area contributed by atoms with Crippen LogP contribution >= 0.6 is 11.8 Å². The molecule has 2 aliphatic carbocycles. The largest absolute Gasteiger partial charge is 0.481 e. The highest BCUT2D eigenvalue weighted by atomic mass is 32.2. The lowest BCUT2D eigenvalue weighted by Gasteiger charge is -2.30. The van der Waals surface area contributed by atoms with E-state index >= 15 is 0 Å². The van der Waals surface area contributed by atoms with E-state index in [2.05, 4.69) is 30.8 Å². The van der Waals surface area contributed by atoms with Crippen LogP contribution in [0.4, 0.5) is 0 Å². The Labute approximate surface area is 165 Å². The molecular weight excluding hydrogens is 340 g/mol. The number of unbranched alkanes of at least 4 members (excludes halogenated alkanes) is 7. The minimum atomic E-state index is -0.673. The average Bonchev–Trinajstić information content (AvgIpc) is 3.22. The average molecular weight is 381 g/mol. The predicted molar refractivity (Wildman–Crippen MR) is 114 cm³/mol. The van der Waals surface area contributed by atoms with Gasteiger partial charge in [0.05, 0.1) is 0 Å². The van der Waals surface area contributed by atoms with Crippen LogP contribution in [0.3, 0.4) is 0 Å². The normalized spacial score (nSPS) is 27.6. The Balaban J connectivity index is 1.60. The van der Waals surface area contributed by atoms with Gasteiger partial charge in [-0.3, -0.25) is 4.79 Å². The molecule has 2 rings (SSSR count). The first-order valence-corrected chi connectivity index (χ1v) is 12.3. The number of hydrogen-bond donors (Lipinski definition) is 1. The number of carboxylic acid groups (broad SMARTS) is 1. The molecule has 2 saturated carbocycles. The first-order valence-electron chi connectivity index (χ1n) is 11.2. The van der Waals surface area contributed by atoms with E-state index in [1.807, 2.05) is 0 Å². The van der Waals surface area contributed by atoms with Gasteiger partial charge >= 0.3 is 5.97 Å². The second-order valence-corrected chi connectivity index (χ2v) is 9.73. The molecule has 2 fully saturated rings. The highest BCUT2D eigenvalue weighted by Crippen LogP contribution is 2.54. The van der Waals surface area contributed by atoms with Gasteiger partial charge in [-0.25, -0.2) is 0 Å². The topological polar surface area (TPSA) is 37.3 Å². The minimum Gasteiger partial charge on any atom is -0.481 e. The molecule has 0 heterocycles. The molecule has 0 saturated heterocycles. The maximum absolute atomic E-state index is 10.6. The van der Waals surface area contributed by atoms with Gasteiger partial charge in [-0.1, -0.05) is 57.6 Å². The summed E-state index contributed by atoms with van der Waals surface area (Å²) >= 11 is 2.28. The Bertz CT molecular complexity index is 420. The van der Waals surface area contributed by atoms with Gasteiger partial charge < -0.3 is 5.11 Å². The summed E-state index contributed by atoms with van der Waals surface area (Å²) in [5.41, 5.74) is 0. The van der Waals surface area contributed by atoms with E-state index in [9.17, 15) is 4.79 Å². The number of thioether (sulfide) groups is 1. The maximum atomic E-state index is 10.6. The maximum Gasteiger partial charge on any atom is 0.303 e. The van der Waals surface area contributed by atoms with Crippen LogP contribution in [0.5, 0.6) is 0 Å². The molecule has 0 aromatic heterocycles. The van der Waals surface area contributed by atoms with Crippen LogP contribution in [0.25, 0.3) is 0 Å². The number of fused-ring (bicyclic) bond motifs is 2. The molecule has 150 valence electrons. The zero-order valence-electron chi connectivity index (χ0n) is 16.8. The van der Waals surface area contributed by atoms with Crippen LogP contribution in [0.15, 0.2) is 12.2 Å².